The first-order valence-corrected chi connectivity index (χ1v) is 7.46. The lowest BCUT2D eigenvalue weighted by atomic mass is 10.0. The smallest absolute Gasteiger partial charge is 0.290 e. The summed E-state index contributed by atoms with van der Waals surface area (Å²) < 4.78 is 28.3. The standard InChI is InChI=1S/C17H19F2N3/c1-11-10-20-16(21-11)14-5-3-13(4-6-14)9-17(18,19)12(2)22-15-7-8-15/h3-6,15,22H,2,7-10H2,1H3. The number of hydrogen-bond acceptors (Lipinski definition) is 3. The number of benzene rings is 1. The Balaban J connectivity index is 1.66. The van der Waals surface area contributed by atoms with Crippen molar-refractivity contribution in [2.75, 3.05) is 6.54 Å². The van der Waals surface area contributed by atoms with E-state index in [9.17, 15) is 8.78 Å². The molecule has 1 fully saturated rings. The SMILES string of the molecule is C=C(NC1CC1)C(F)(F)Cc1ccc(C2=NCC(C)=N2)cc1. The lowest BCUT2D eigenvalue weighted by molar-refractivity contribution is 0.0350. The molecule has 1 heterocycles. The van der Waals surface area contributed by atoms with Gasteiger partial charge < -0.3 is 5.32 Å². The summed E-state index contributed by atoms with van der Waals surface area (Å²) in [6.07, 6.45) is 1.55. The van der Waals surface area contributed by atoms with Crippen molar-refractivity contribution >= 4 is 11.5 Å². The summed E-state index contributed by atoms with van der Waals surface area (Å²) in [7, 11) is 0. The first-order chi connectivity index (χ1) is 10.4. The molecule has 5 heteroatoms. The van der Waals surface area contributed by atoms with Crippen molar-refractivity contribution in [3.63, 3.8) is 0 Å². The highest BCUT2D eigenvalue weighted by Gasteiger charge is 2.36. The van der Waals surface area contributed by atoms with Crippen LogP contribution in [0.3, 0.4) is 0 Å². The Hall–Kier alpha value is -2.04. The van der Waals surface area contributed by atoms with E-state index in [2.05, 4.69) is 21.9 Å². The van der Waals surface area contributed by atoms with Gasteiger partial charge in [-0.05, 0) is 25.3 Å². The summed E-state index contributed by atoms with van der Waals surface area (Å²) in [5, 5.41) is 2.79. The van der Waals surface area contributed by atoms with Crippen molar-refractivity contribution in [3.8, 4) is 0 Å². The number of aliphatic imine (C=N–C) groups is 2. The number of rotatable bonds is 6. The van der Waals surface area contributed by atoms with Crippen LogP contribution in [0.4, 0.5) is 8.78 Å². The molecule has 1 N–H and O–H groups in total. The Kier molecular flexibility index (Phi) is 3.81. The van der Waals surface area contributed by atoms with Gasteiger partial charge in [-0.25, -0.2) is 4.99 Å². The molecule has 0 spiro atoms. The van der Waals surface area contributed by atoms with Crippen molar-refractivity contribution < 1.29 is 8.78 Å². The molecule has 1 aromatic carbocycles. The van der Waals surface area contributed by atoms with E-state index < -0.39 is 5.92 Å². The zero-order valence-corrected chi connectivity index (χ0v) is 12.6. The summed E-state index contributed by atoms with van der Waals surface area (Å²) in [5.41, 5.74) is 2.22. The van der Waals surface area contributed by atoms with Crippen LogP contribution in [0.5, 0.6) is 0 Å². The maximum absolute atomic E-state index is 14.1. The average molecular weight is 303 g/mol. The van der Waals surface area contributed by atoms with Crippen molar-refractivity contribution in [2.45, 2.75) is 38.2 Å². The highest BCUT2D eigenvalue weighted by molar-refractivity contribution is 6.10. The molecular formula is C17H19F2N3. The average Bonchev–Trinajstić information content (AvgIpc) is 3.18. The molecule has 0 atom stereocenters. The molecule has 1 aliphatic heterocycles. The number of halogens is 2. The summed E-state index contributed by atoms with van der Waals surface area (Å²) in [6, 6.07) is 7.19. The van der Waals surface area contributed by atoms with E-state index in [1.165, 1.54) is 0 Å². The Bertz CT molecular complexity index is 640. The van der Waals surface area contributed by atoms with E-state index >= 15 is 0 Å². The summed E-state index contributed by atoms with van der Waals surface area (Å²) >= 11 is 0. The van der Waals surface area contributed by atoms with Gasteiger partial charge in [0, 0.05) is 23.7 Å². The van der Waals surface area contributed by atoms with Gasteiger partial charge in [-0.2, -0.15) is 8.78 Å². The van der Waals surface area contributed by atoms with Crippen LogP contribution in [-0.2, 0) is 6.42 Å². The first-order valence-electron chi connectivity index (χ1n) is 7.46. The Morgan fingerprint density at radius 3 is 2.55 bits per heavy atom. The third kappa shape index (κ3) is 3.40. The Labute approximate surface area is 128 Å². The van der Waals surface area contributed by atoms with E-state index in [4.69, 9.17) is 0 Å². The number of nitrogens with one attached hydrogen (secondary N) is 1. The minimum atomic E-state index is -2.94. The monoisotopic (exact) mass is 303 g/mol. The van der Waals surface area contributed by atoms with Gasteiger partial charge in [-0.1, -0.05) is 30.8 Å². The van der Waals surface area contributed by atoms with Crippen LogP contribution < -0.4 is 5.32 Å². The predicted octanol–water partition coefficient (Wildman–Crippen LogP) is 3.35. The molecule has 0 aromatic heterocycles. The van der Waals surface area contributed by atoms with Crippen LogP contribution in [0.25, 0.3) is 0 Å². The molecule has 1 aliphatic carbocycles. The number of nitrogens with zero attached hydrogens (tertiary/aromatic N) is 2. The Morgan fingerprint density at radius 2 is 2.00 bits per heavy atom. The largest absolute Gasteiger partial charge is 0.381 e. The van der Waals surface area contributed by atoms with Crippen molar-refractivity contribution in [3.05, 3.63) is 47.7 Å². The van der Waals surface area contributed by atoms with Crippen LogP contribution >= 0.6 is 0 Å². The van der Waals surface area contributed by atoms with Gasteiger partial charge in [-0.15, -0.1) is 0 Å². The van der Waals surface area contributed by atoms with Crippen LogP contribution in [-0.4, -0.2) is 30.1 Å². The highest BCUT2D eigenvalue weighted by Crippen LogP contribution is 2.29. The molecule has 0 unspecified atom stereocenters. The second-order valence-electron chi connectivity index (χ2n) is 5.96. The van der Waals surface area contributed by atoms with Crippen LogP contribution in [0.15, 0.2) is 46.5 Å². The zero-order chi connectivity index (χ0) is 15.7. The number of alkyl halides is 2. The van der Waals surface area contributed by atoms with Gasteiger partial charge in [0.25, 0.3) is 5.92 Å². The third-order valence-electron chi connectivity index (χ3n) is 3.79. The lowest BCUT2D eigenvalue weighted by Gasteiger charge is -2.20. The van der Waals surface area contributed by atoms with E-state index in [0.717, 1.165) is 24.1 Å². The minimum absolute atomic E-state index is 0.181. The summed E-state index contributed by atoms with van der Waals surface area (Å²) in [5.74, 6) is -2.26. The topological polar surface area (TPSA) is 36.8 Å². The molecular weight excluding hydrogens is 284 g/mol. The summed E-state index contributed by atoms with van der Waals surface area (Å²) in [6.45, 7) is 6.03. The number of allylic oxidation sites excluding steroid dienone is 1. The normalized spacial score (nSPS) is 18.0. The van der Waals surface area contributed by atoms with E-state index in [1.807, 2.05) is 6.92 Å². The Morgan fingerprint density at radius 1 is 1.32 bits per heavy atom. The van der Waals surface area contributed by atoms with Gasteiger partial charge in [-0.3, -0.25) is 4.99 Å². The van der Waals surface area contributed by atoms with E-state index in [1.54, 1.807) is 24.3 Å². The van der Waals surface area contributed by atoms with E-state index in [0.29, 0.717) is 17.9 Å². The minimum Gasteiger partial charge on any atom is -0.381 e. The molecule has 22 heavy (non-hydrogen) atoms. The van der Waals surface area contributed by atoms with Crippen molar-refractivity contribution in [1.82, 2.24) is 5.32 Å². The molecule has 0 saturated heterocycles. The number of hydrogen-bond donors (Lipinski definition) is 1. The third-order valence-corrected chi connectivity index (χ3v) is 3.79. The van der Waals surface area contributed by atoms with Gasteiger partial charge in [0.1, 0.15) is 0 Å². The maximum Gasteiger partial charge on any atom is 0.290 e. The second kappa shape index (κ2) is 5.63. The fourth-order valence-corrected chi connectivity index (χ4v) is 2.31. The van der Waals surface area contributed by atoms with Crippen LogP contribution in [0.1, 0.15) is 30.9 Å². The number of amidine groups is 1. The maximum atomic E-state index is 14.1. The highest BCUT2D eigenvalue weighted by atomic mass is 19.3. The summed E-state index contributed by atoms with van der Waals surface area (Å²) in [4.78, 5) is 8.62. The molecule has 116 valence electrons. The quantitative estimate of drug-likeness (QED) is 0.859. The fourth-order valence-electron chi connectivity index (χ4n) is 2.31. The van der Waals surface area contributed by atoms with Crippen LogP contribution in [0, 0.1) is 0 Å². The fraction of sp³-hybridized carbons (Fsp3) is 0.412. The molecule has 0 bridgehead atoms. The second-order valence-corrected chi connectivity index (χ2v) is 5.96. The van der Waals surface area contributed by atoms with Gasteiger partial charge in [0.2, 0.25) is 0 Å². The first kappa shape index (κ1) is 14.9. The molecule has 1 aromatic rings. The van der Waals surface area contributed by atoms with Gasteiger partial charge in [0.05, 0.1) is 12.2 Å². The van der Waals surface area contributed by atoms with Gasteiger partial charge >= 0.3 is 0 Å². The van der Waals surface area contributed by atoms with E-state index in [-0.39, 0.29) is 18.2 Å². The zero-order valence-electron chi connectivity index (χ0n) is 12.6. The molecule has 2 aliphatic rings. The van der Waals surface area contributed by atoms with Crippen molar-refractivity contribution in [1.29, 1.82) is 0 Å². The molecule has 0 radical (unpaired) electrons. The van der Waals surface area contributed by atoms with Crippen molar-refractivity contribution in [2.24, 2.45) is 9.98 Å². The molecule has 0 amide bonds. The lowest BCUT2D eigenvalue weighted by Crippen LogP contribution is -2.32. The predicted molar refractivity (Wildman–Crippen MR) is 84.9 cm³/mol. The van der Waals surface area contributed by atoms with Gasteiger partial charge in [0.15, 0.2) is 5.84 Å². The molecule has 1 saturated carbocycles. The van der Waals surface area contributed by atoms with Crippen LogP contribution in [0.2, 0.25) is 0 Å². The molecule has 3 nitrogen and oxygen atoms in total. The molecule has 3 rings (SSSR count).